The van der Waals surface area contributed by atoms with E-state index in [4.69, 9.17) is 17.3 Å². The third kappa shape index (κ3) is 3.15. The summed E-state index contributed by atoms with van der Waals surface area (Å²) in [5.74, 6) is -0.533. The van der Waals surface area contributed by atoms with Gasteiger partial charge in [-0.2, -0.15) is 0 Å². The fraction of sp³-hybridized carbons (Fsp3) is 0.118. The first kappa shape index (κ1) is 16.2. The largest absolute Gasteiger partial charge is 0.389 e. The lowest BCUT2D eigenvalue weighted by Crippen LogP contribution is -2.05. The molecule has 3 rings (SSSR count). The number of amides is 1. The van der Waals surface area contributed by atoms with Crippen LogP contribution in [-0.2, 0) is 4.79 Å². The van der Waals surface area contributed by atoms with Gasteiger partial charge in [0.25, 0.3) is 0 Å². The van der Waals surface area contributed by atoms with E-state index in [1.54, 1.807) is 37.5 Å². The molecule has 4 N–H and O–H groups in total. The number of aromatic nitrogens is 3. The van der Waals surface area contributed by atoms with E-state index in [0.29, 0.717) is 33.0 Å². The fourth-order valence-corrected chi connectivity index (χ4v) is 2.71. The summed E-state index contributed by atoms with van der Waals surface area (Å²) >= 11 is 6.21. The minimum absolute atomic E-state index is 0.465. The Morgan fingerprint density at radius 2 is 2.25 bits per heavy atom. The summed E-state index contributed by atoms with van der Waals surface area (Å²) in [5, 5.41) is 10.1. The summed E-state index contributed by atoms with van der Waals surface area (Å²) in [4.78, 5) is 22.8. The van der Waals surface area contributed by atoms with Crippen LogP contribution < -0.4 is 5.73 Å². The molecule has 0 radical (unpaired) electrons. The topological polar surface area (TPSA) is 105 Å². The molecule has 1 atom stereocenters. The maximum atomic E-state index is 10.9. The Balaban J connectivity index is 2.06. The van der Waals surface area contributed by atoms with Crippen LogP contribution in [0, 0.1) is 0 Å². The van der Waals surface area contributed by atoms with Gasteiger partial charge < -0.3 is 15.8 Å². The molecule has 2 aromatic heterocycles. The minimum atomic E-state index is -0.643. The molecule has 0 saturated carbocycles. The molecule has 1 unspecified atom stereocenters. The zero-order valence-electron chi connectivity index (χ0n) is 12.8. The molecule has 0 aliphatic carbocycles. The van der Waals surface area contributed by atoms with Gasteiger partial charge in [0.1, 0.15) is 5.52 Å². The molecule has 122 valence electrons. The smallest absolute Gasteiger partial charge is 0.241 e. The lowest BCUT2D eigenvalue weighted by molar-refractivity contribution is -0.113. The van der Waals surface area contributed by atoms with Crippen LogP contribution >= 0.6 is 11.6 Å². The second kappa shape index (κ2) is 6.43. The third-order valence-corrected chi connectivity index (χ3v) is 3.91. The van der Waals surface area contributed by atoms with Crippen LogP contribution in [0.4, 0.5) is 0 Å². The number of nitrogens with one attached hydrogen (secondary N) is 1. The number of hydrogen-bond acceptors (Lipinski definition) is 4. The molecule has 0 bridgehead atoms. The van der Waals surface area contributed by atoms with E-state index in [0.717, 1.165) is 5.56 Å². The van der Waals surface area contributed by atoms with Crippen LogP contribution in [0.5, 0.6) is 0 Å². The summed E-state index contributed by atoms with van der Waals surface area (Å²) in [6.07, 6.45) is 5.55. The van der Waals surface area contributed by atoms with Gasteiger partial charge in [0.05, 0.1) is 18.0 Å². The van der Waals surface area contributed by atoms with Crippen molar-refractivity contribution in [3.8, 4) is 11.3 Å². The molecule has 7 heteroatoms. The highest BCUT2D eigenvalue weighted by Crippen LogP contribution is 2.29. The van der Waals surface area contributed by atoms with Crippen molar-refractivity contribution < 1.29 is 9.90 Å². The number of halogens is 1. The van der Waals surface area contributed by atoms with Gasteiger partial charge in [0.2, 0.25) is 5.91 Å². The fourth-order valence-electron chi connectivity index (χ4n) is 2.37. The van der Waals surface area contributed by atoms with Crippen LogP contribution in [-0.4, -0.2) is 26.0 Å². The number of hydrogen-bond donors (Lipinski definition) is 3. The number of fused-ring (bicyclic) bond motifs is 1. The molecular weight excluding hydrogens is 328 g/mol. The Morgan fingerprint density at radius 1 is 1.46 bits per heavy atom. The highest BCUT2D eigenvalue weighted by atomic mass is 35.5. The minimum Gasteiger partial charge on any atom is -0.389 e. The lowest BCUT2D eigenvalue weighted by Gasteiger charge is -2.09. The van der Waals surface area contributed by atoms with Crippen molar-refractivity contribution in [3.63, 3.8) is 0 Å². The summed E-state index contributed by atoms with van der Waals surface area (Å²) in [6, 6.07) is 5.33. The maximum Gasteiger partial charge on any atom is 0.241 e. The van der Waals surface area contributed by atoms with Crippen molar-refractivity contribution in [2.45, 2.75) is 13.0 Å². The first-order chi connectivity index (χ1) is 11.5. The quantitative estimate of drug-likeness (QED) is 0.634. The highest BCUT2D eigenvalue weighted by Gasteiger charge is 2.11. The number of carbonyl (C=O) groups is 1. The first-order valence-corrected chi connectivity index (χ1v) is 7.63. The number of rotatable bonds is 4. The van der Waals surface area contributed by atoms with Gasteiger partial charge >= 0.3 is 0 Å². The van der Waals surface area contributed by atoms with E-state index < -0.39 is 12.0 Å². The van der Waals surface area contributed by atoms with Gasteiger partial charge in [0, 0.05) is 28.4 Å². The Labute approximate surface area is 143 Å². The number of aliphatic hydroxyl groups is 1. The molecule has 0 aliphatic heterocycles. The van der Waals surface area contributed by atoms with E-state index in [2.05, 4.69) is 15.0 Å². The van der Waals surface area contributed by atoms with Crippen LogP contribution in [0.3, 0.4) is 0 Å². The molecule has 1 amide bonds. The molecule has 24 heavy (non-hydrogen) atoms. The predicted molar refractivity (Wildman–Crippen MR) is 93.2 cm³/mol. The van der Waals surface area contributed by atoms with E-state index in [9.17, 15) is 9.90 Å². The maximum absolute atomic E-state index is 10.9. The number of H-pyrrole nitrogens is 1. The molecule has 0 fully saturated rings. The number of carbonyl (C=O) groups excluding carboxylic acids is 1. The average Bonchev–Trinajstić information content (AvgIpc) is 2.94. The lowest BCUT2D eigenvalue weighted by atomic mass is 10.1. The van der Waals surface area contributed by atoms with E-state index in [-0.39, 0.29) is 0 Å². The van der Waals surface area contributed by atoms with Gasteiger partial charge in [-0.25, -0.2) is 9.97 Å². The zero-order chi connectivity index (χ0) is 17.3. The number of primary amides is 1. The summed E-state index contributed by atoms with van der Waals surface area (Å²) in [7, 11) is 0. The molecule has 0 aliphatic rings. The summed E-state index contributed by atoms with van der Waals surface area (Å²) < 4.78 is 0. The molecule has 6 nitrogen and oxygen atoms in total. The monoisotopic (exact) mass is 342 g/mol. The first-order valence-electron chi connectivity index (χ1n) is 7.25. The van der Waals surface area contributed by atoms with Gasteiger partial charge in [0.15, 0.2) is 5.65 Å². The second-order valence-electron chi connectivity index (χ2n) is 5.34. The van der Waals surface area contributed by atoms with Gasteiger partial charge in [-0.15, -0.1) is 0 Å². The van der Waals surface area contributed by atoms with Crippen LogP contribution in [0.15, 0.2) is 36.7 Å². The standard InChI is InChI=1S/C17H15ClN4O2/c1-9(23)12-4-2-10(6-13(12)18)14-8-21-17-16(22-14)11(7-20-17)3-5-15(19)24/h2-9,23H,1H3,(H2,19,24)(H,20,21)/b5-3+. The van der Waals surface area contributed by atoms with Crippen LogP contribution in [0.25, 0.3) is 28.5 Å². The van der Waals surface area contributed by atoms with Crippen molar-refractivity contribution in [2.75, 3.05) is 0 Å². The zero-order valence-corrected chi connectivity index (χ0v) is 13.6. The van der Waals surface area contributed by atoms with E-state index in [1.165, 1.54) is 6.08 Å². The Bertz CT molecular complexity index is 947. The summed E-state index contributed by atoms with van der Waals surface area (Å²) in [6.45, 7) is 1.66. The molecule has 1 aromatic carbocycles. The molecular formula is C17H15ClN4O2. The predicted octanol–water partition coefficient (Wildman–Crippen LogP) is 2.83. The van der Waals surface area contributed by atoms with Crippen molar-refractivity contribution in [1.29, 1.82) is 0 Å². The van der Waals surface area contributed by atoms with Crippen LogP contribution in [0.1, 0.15) is 24.2 Å². The molecule has 0 spiro atoms. The summed E-state index contributed by atoms with van der Waals surface area (Å²) in [5.41, 5.74) is 9.14. The van der Waals surface area contributed by atoms with Crippen molar-refractivity contribution in [3.05, 3.63) is 52.8 Å². The van der Waals surface area contributed by atoms with Crippen molar-refractivity contribution >= 4 is 34.7 Å². The van der Waals surface area contributed by atoms with E-state index >= 15 is 0 Å². The molecule has 0 saturated heterocycles. The molecule has 2 heterocycles. The van der Waals surface area contributed by atoms with E-state index in [1.807, 2.05) is 6.07 Å². The SMILES string of the molecule is CC(O)c1ccc(-c2cnc3[nH]cc(/C=C/C(N)=O)c3n2)cc1Cl. The third-order valence-electron chi connectivity index (χ3n) is 3.58. The number of aliphatic hydroxyl groups excluding tert-OH is 1. The molecule has 3 aromatic rings. The van der Waals surface area contributed by atoms with Crippen LogP contribution in [0.2, 0.25) is 5.02 Å². The second-order valence-corrected chi connectivity index (χ2v) is 5.75. The average molecular weight is 343 g/mol. The van der Waals surface area contributed by atoms with Crippen molar-refractivity contribution in [2.24, 2.45) is 5.73 Å². The number of benzene rings is 1. The Hall–Kier alpha value is -2.70. The Kier molecular flexibility index (Phi) is 4.33. The van der Waals surface area contributed by atoms with Gasteiger partial charge in [-0.05, 0) is 24.6 Å². The number of nitrogens with two attached hydrogens (primary N) is 1. The number of nitrogens with zero attached hydrogens (tertiary/aromatic N) is 2. The number of aromatic amines is 1. The van der Waals surface area contributed by atoms with Gasteiger partial charge in [-0.1, -0.05) is 23.7 Å². The van der Waals surface area contributed by atoms with Gasteiger partial charge in [-0.3, -0.25) is 4.79 Å². The van der Waals surface area contributed by atoms with Crippen molar-refractivity contribution in [1.82, 2.24) is 15.0 Å². The highest BCUT2D eigenvalue weighted by molar-refractivity contribution is 6.31. The normalized spacial score (nSPS) is 12.8. The Morgan fingerprint density at radius 3 is 2.92 bits per heavy atom.